The van der Waals surface area contributed by atoms with Crippen molar-refractivity contribution in [3.8, 4) is 12.1 Å². The molecule has 5 heteroatoms. The second kappa shape index (κ2) is 5.43. The highest BCUT2D eigenvalue weighted by atomic mass is 16.6. The summed E-state index contributed by atoms with van der Waals surface area (Å²) < 4.78 is 0. The Morgan fingerprint density at radius 3 is 2.18 bits per heavy atom. The van der Waals surface area contributed by atoms with Gasteiger partial charge in [-0.3, -0.25) is 10.1 Å². The second-order valence-electron chi connectivity index (χ2n) is 3.23. The van der Waals surface area contributed by atoms with Crippen LogP contribution >= 0.6 is 0 Å². The fraction of sp³-hybridized carbons (Fsp3) is 0.167. The molecule has 0 radical (unpaired) electrons. The molecule has 1 aromatic carbocycles. The number of nitriles is 2. The summed E-state index contributed by atoms with van der Waals surface area (Å²) in [5, 5.41) is 28.1. The maximum absolute atomic E-state index is 10.5. The Morgan fingerprint density at radius 2 is 1.82 bits per heavy atom. The molecule has 0 aliphatic heterocycles. The molecule has 5 nitrogen and oxygen atoms in total. The van der Waals surface area contributed by atoms with E-state index >= 15 is 0 Å². The monoisotopic (exact) mass is 227 g/mol. The number of nitrogens with zero attached hydrogens (tertiary/aromatic N) is 3. The fourth-order valence-electron chi connectivity index (χ4n) is 1.47. The van der Waals surface area contributed by atoms with Gasteiger partial charge in [-0.05, 0) is 29.7 Å². The van der Waals surface area contributed by atoms with Crippen LogP contribution in [-0.4, -0.2) is 4.92 Å². The maximum atomic E-state index is 10.5. The molecule has 0 fully saturated rings. The molecule has 0 saturated carbocycles. The first-order valence-electron chi connectivity index (χ1n) is 4.92. The minimum atomic E-state index is -0.491. The van der Waals surface area contributed by atoms with Gasteiger partial charge in [0.05, 0.1) is 4.92 Å². The third-order valence-corrected chi connectivity index (χ3v) is 2.31. The Labute approximate surface area is 98.4 Å². The summed E-state index contributed by atoms with van der Waals surface area (Å²) in [7, 11) is 0. The van der Waals surface area contributed by atoms with Crippen LogP contribution in [0.4, 0.5) is 5.69 Å². The van der Waals surface area contributed by atoms with Crippen LogP contribution < -0.4 is 0 Å². The molecule has 84 valence electrons. The number of nitro groups is 1. The van der Waals surface area contributed by atoms with E-state index in [1.54, 1.807) is 12.1 Å². The van der Waals surface area contributed by atoms with Gasteiger partial charge in [0.2, 0.25) is 0 Å². The molecule has 0 bridgehead atoms. The summed E-state index contributed by atoms with van der Waals surface area (Å²) in [6.07, 6.45) is 0.522. The number of rotatable bonds is 3. The summed E-state index contributed by atoms with van der Waals surface area (Å²) in [6.45, 7) is 1.82. The van der Waals surface area contributed by atoms with Crippen LogP contribution in [0.5, 0.6) is 0 Å². The van der Waals surface area contributed by atoms with Gasteiger partial charge in [0, 0.05) is 12.1 Å². The molecule has 0 atom stereocenters. The number of hydrogen-bond acceptors (Lipinski definition) is 4. The van der Waals surface area contributed by atoms with Gasteiger partial charge in [-0.15, -0.1) is 0 Å². The molecule has 0 aliphatic rings. The number of hydrogen-bond donors (Lipinski definition) is 0. The number of benzene rings is 1. The first-order valence-corrected chi connectivity index (χ1v) is 4.92. The average molecular weight is 227 g/mol. The average Bonchev–Trinajstić information content (AvgIpc) is 2.36. The highest BCUT2D eigenvalue weighted by molar-refractivity contribution is 5.75. The molecule has 0 amide bonds. The summed E-state index contributed by atoms with van der Waals surface area (Å²) in [6, 6.07) is 9.46. The van der Waals surface area contributed by atoms with E-state index in [-0.39, 0.29) is 11.3 Å². The van der Waals surface area contributed by atoms with Crippen molar-refractivity contribution in [1.29, 1.82) is 10.5 Å². The summed E-state index contributed by atoms with van der Waals surface area (Å²) >= 11 is 0. The van der Waals surface area contributed by atoms with Crippen molar-refractivity contribution in [2.75, 3.05) is 0 Å². The van der Waals surface area contributed by atoms with Crippen molar-refractivity contribution in [2.45, 2.75) is 13.3 Å². The Hall–Kier alpha value is -2.66. The topological polar surface area (TPSA) is 90.7 Å². The smallest absolute Gasteiger partial charge is 0.258 e. The van der Waals surface area contributed by atoms with E-state index in [1.807, 2.05) is 19.1 Å². The van der Waals surface area contributed by atoms with Gasteiger partial charge in [-0.2, -0.15) is 10.5 Å². The lowest BCUT2D eigenvalue weighted by Gasteiger charge is -2.04. The number of allylic oxidation sites excluding steroid dienone is 2. The largest absolute Gasteiger partial charge is 0.269 e. The van der Waals surface area contributed by atoms with Crippen LogP contribution in [0.1, 0.15) is 18.9 Å². The van der Waals surface area contributed by atoms with E-state index in [9.17, 15) is 10.1 Å². The standard InChI is InChI=1S/C12H9N3O2/c1-2-12(10(7-13)8-14)9-3-5-11(6-4-9)15(16)17/h3-6H,2H2,1H3. The van der Waals surface area contributed by atoms with Gasteiger partial charge in [0.15, 0.2) is 0 Å². The van der Waals surface area contributed by atoms with Crippen molar-refractivity contribution in [2.24, 2.45) is 0 Å². The Morgan fingerprint density at radius 1 is 1.29 bits per heavy atom. The van der Waals surface area contributed by atoms with E-state index in [0.717, 1.165) is 0 Å². The van der Waals surface area contributed by atoms with Crippen molar-refractivity contribution >= 4 is 11.3 Å². The Bertz CT molecular complexity index is 529. The summed E-state index contributed by atoms with van der Waals surface area (Å²) in [5.74, 6) is 0. The molecule has 1 aromatic rings. The van der Waals surface area contributed by atoms with Crippen LogP contribution in [0, 0.1) is 32.8 Å². The number of nitro benzene ring substituents is 1. The highest BCUT2D eigenvalue weighted by Crippen LogP contribution is 2.23. The van der Waals surface area contributed by atoms with Crippen LogP contribution in [0.2, 0.25) is 0 Å². The SMILES string of the molecule is CCC(=C(C#N)C#N)c1ccc([N+](=O)[O-])cc1. The zero-order valence-electron chi connectivity index (χ0n) is 9.17. The maximum Gasteiger partial charge on any atom is 0.269 e. The fourth-order valence-corrected chi connectivity index (χ4v) is 1.47. The summed E-state index contributed by atoms with van der Waals surface area (Å²) in [5.41, 5.74) is 1.29. The minimum Gasteiger partial charge on any atom is -0.258 e. The van der Waals surface area contributed by atoms with E-state index in [4.69, 9.17) is 10.5 Å². The first kappa shape index (κ1) is 12.4. The Balaban J connectivity index is 3.26. The van der Waals surface area contributed by atoms with Crippen molar-refractivity contribution in [1.82, 2.24) is 0 Å². The van der Waals surface area contributed by atoms with Crippen LogP contribution in [0.15, 0.2) is 29.8 Å². The molecule has 17 heavy (non-hydrogen) atoms. The van der Waals surface area contributed by atoms with Crippen LogP contribution in [0.25, 0.3) is 5.57 Å². The van der Waals surface area contributed by atoms with E-state index < -0.39 is 4.92 Å². The van der Waals surface area contributed by atoms with Gasteiger partial charge in [0.1, 0.15) is 17.7 Å². The second-order valence-corrected chi connectivity index (χ2v) is 3.23. The zero-order valence-corrected chi connectivity index (χ0v) is 9.17. The van der Waals surface area contributed by atoms with E-state index in [0.29, 0.717) is 17.6 Å². The third-order valence-electron chi connectivity index (χ3n) is 2.31. The lowest BCUT2D eigenvalue weighted by molar-refractivity contribution is -0.384. The molecule has 0 spiro atoms. The predicted octanol–water partition coefficient (Wildman–Crippen LogP) is 2.81. The van der Waals surface area contributed by atoms with Gasteiger partial charge in [-0.25, -0.2) is 0 Å². The van der Waals surface area contributed by atoms with Crippen molar-refractivity contribution < 1.29 is 4.92 Å². The normalized spacial score (nSPS) is 8.88. The lowest BCUT2D eigenvalue weighted by atomic mass is 9.98. The van der Waals surface area contributed by atoms with Crippen molar-refractivity contribution in [3.05, 3.63) is 45.5 Å². The van der Waals surface area contributed by atoms with Gasteiger partial charge in [0.25, 0.3) is 5.69 Å². The molecule has 0 unspecified atom stereocenters. The molecule has 0 heterocycles. The number of non-ortho nitro benzene ring substituents is 1. The molecule has 0 N–H and O–H groups in total. The van der Waals surface area contributed by atoms with Crippen molar-refractivity contribution in [3.63, 3.8) is 0 Å². The molecule has 0 aromatic heterocycles. The zero-order chi connectivity index (χ0) is 12.8. The highest BCUT2D eigenvalue weighted by Gasteiger charge is 2.09. The quantitative estimate of drug-likeness (QED) is 0.451. The minimum absolute atomic E-state index is 0.0142. The van der Waals surface area contributed by atoms with E-state index in [1.165, 1.54) is 12.1 Å². The third kappa shape index (κ3) is 2.67. The van der Waals surface area contributed by atoms with Gasteiger partial charge < -0.3 is 0 Å². The molecular weight excluding hydrogens is 218 g/mol. The van der Waals surface area contributed by atoms with Gasteiger partial charge in [-0.1, -0.05) is 6.92 Å². The van der Waals surface area contributed by atoms with E-state index in [2.05, 4.69) is 0 Å². The molecular formula is C12H9N3O2. The molecule has 0 saturated heterocycles. The van der Waals surface area contributed by atoms with Crippen LogP contribution in [0.3, 0.4) is 0 Å². The molecule has 1 rings (SSSR count). The first-order chi connectivity index (χ1) is 8.13. The summed E-state index contributed by atoms with van der Waals surface area (Å²) in [4.78, 5) is 10.00. The predicted molar refractivity (Wildman–Crippen MR) is 61.5 cm³/mol. The van der Waals surface area contributed by atoms with Crippen LogP contribution in [-0.2, 0) is 0 Å². The van der Waals surface area contributed by atoms with Gasteiger partial charge >= 0.3 is 0 Å². The molecule has 0 aliphatic carbocycles. The Kier molecular flexibility index (Phi) is 3.96. The lowest BCUT2D eigenvalue weighted by Crippen LogP contribution is -1.91.